The van der Waals surface area contributed by atoms with Crippen LogP contribution < -0.4 is 20.1 Å². The highest BCUT2D eigenvalue weighted by Gasteiger charge is 2.28. The van der Waals surface area contributed by atoms with E-state index in [1.54, 1.807) is 13.1 Å². The molecule has 298 valence electrons. The van der Waals surface area contributed by atoms with Gasteiger partial charge in [0.05, 0.1) is 54.7 Å². The van der Waals surface area contributed by atoms with Crippen LogP contribution in [0.15, 0.2) is 122 Å². The number of rotatable bonds is 8. The van der Waals surface area contributed by atoms with Gasteiger partial charge in [0.2, 0.25) is 0 Å². The molecule has 0 saturated heterocycles. The van der Waals surface area contributed by atoms with E-state index in [4.69, 9.17) is 9.47 Å². The zero-order valence-electron chi connectivity index (χ0n) is 33.2. The van der Waals surface area contributed by atoms with Gasteiger partial charge in [-0.2, -0.15) is 0 Å². The summed E-state index contributed by atoms with van der Waals surface area (Å²) in [5.41, 5.74) is 8.76. The molecule has 0 bridgehead atoms. The Hall–Kier alpha value is -6.16. The lowest BCUT2D eigenvalue weighted by atomic mass is 9.98. The average molecular weight is 777 g/mol. The number of imidazole rings is 2. The standard InChI is InChI=1S/C24H25N3O2.C14H19NO2.C10H8N2/c28-24(17-7-6-10-19(13-17)29-18-8-2-1-3-9-18)26-15-23-21-12-5-4-11-20(21)22-14-25-16-27(22)23;1-15-14(16)11-6-5-9-13(10-11)17-12-7-3-2-4-8-12;1-2-4-9-8(3-1)6-12-7-11-5-10(9)12/h4-7,10-14,16,18,23H,1-3,8-9,15H2,(H,26,28);5-6,9-10,12H,2-4,7-8H2,1H3,(H,15,16);1-5,7H,6H2. The topological polar surface area (TPSA) is 112 Å². The lowest BCUT2D eigenvalue weighted by molar-refractivity contribution is 0.0945. The number of aromatic nitrogens is 4. The first-order valence-electron chi connectivity index (χ1n) is 20.8. The van der Waals surface area contributed by atoms with E-state index in [1.165, 1.54) is 66.5 Å². The quantitative estimate of drug-likeness (QED) is 0.159. The lowest BCUT2D eigenvalue weighted by Crippen LogP contribution is -2.30. The summed E-state index contributed by atoms with van der Waals surface area (Å²) >= 11 is 0. The third-order valence-electron chi connectivity index (χ3n) is 11.5. The molecule has 10 nitrogen and oxygen atoms in total. The number of ether oxygens (including phenoxy) is 2. The van der Waals surface area contributed by atoms with Gasteiger partial charge >= 0.3 is 0 Å². The van der Waals surface area contributed by atoms with E-state index >= 15 is 0 Å². The second-order valence-corrected chi connectivity index (χ2v) is 15.5. The van der Waals surface area contributed by atoms with Gasteiger partial charge in [0.25, 0.3) is 11.8 Å². The van der Waals surface area contributed by atoms with E-state index in [9.17, 15) is 9.59 Å². The van der Waals surface area contributed by atoms with E-state index in [0.29, 0.717) is 23.8 Å². The zero-order chi connectivity index (χ0) is 39.7. The van der Waals surface area contributed by atoms with Crippen molar-refractivity contribution < 1.29 is 19.1 Å². The second kappa shape index (κ2) is 18.4. The second-order valence-electron chi connectivity index (χ2n) is 15.5. The van der Waals surface area contributed by atoms with Crippen molar-refractivity contribution in [3.63, 3.8) is 0 Å². The minimum absolute atomic E-state index is 0.0642. The van der Waals surface area contributed by atoms with Gasteiger partial charge in [-0.05, 0) is 98.9 Å². The number of nitrogens with one attached hydrogen (secondary N) is 2. The predicted octanol–water partition coefficient (Wildman–Crippen LogP) is 9.26. The average Bonchev–Trinajstić information content (AvgIpc) is 4.07. The van der Waals surface area contributed by atoms with Gasteiger partial charge in [0.1, 0.15) is 11.5 Å². The van der Waals surface area contributed by atoms with Gasteiger partial charge < -0.3 is 29.2 Å². The molecule has 10 heteroatoms. The van der Waals surface area contributed by atoms with Gasteiger partial charge in [0, 0.05) is 42.4 Å². The first-order chi connectivity index (χ1) is 28.5. The summed E-state index contributed by atoms with van der Waals surface area (Å²) in [5, 5.41) is 5.72. The molecular weight excluding hydrogens is 725 g/mol. The molecular formula is C48H52N6O4. The maximum atomic E-state index is 12.8. The van der Waals surface area contributed by atoms with Crippen molar-refractivity contribution in [1.82, 2.24) is 29.7 Å². The Morgan fingerprint density at radius 2 is 1.24 bits per heavy atom. The van der Waals surface area contributed by atoms with Crippen molar-refractivity contribution in [3.05, 3.63) is 144 Å². The van der Waals surface area contributed by atoms with Gasteiger partial charge in [-0.3, -0.25) is 9.59 Å². The molecule has 2 saturated carbocycles. The molecule has 2 fully saturated rings. The summed E-state index contributed by atoms with van der Waals surface area (Å²) in [6, 6.07) is 31.8. The Bertz CT molecular complexity index is 2320. The summed E-state index contributed by atoms with van der Waals surface area (Å²) in [5.74, 6) is 1.44. The van der Waals surface area contributed by atoms with Crippen LogP contribution >= 0.6 is 0 Å². The molecule has 0 spiro atoms. The van der Waals surface area contributed by atoms with Crippen LogP contribution in [0.5, 0.6) is 11.5 Å². The maximum absolute atomic E-state index is 12.8. The fraction of sp³-hybridized carbons (Fsp3) is 0.333. The molecule has 6 aromatic rings. The minimum atomic E-state index is -0.0786. The Morgan fingerprint density at radius 1 is 0.655 bits per heavy atom. The number of hydrogen-bond acceptors (Lipinski definition) is 6. The van der Waals surface area contributed by atoms with E-state index in [-0.39, 0.29) is 24.0 Å². The maximum Gasteiger partial charge on any atom is 0.251 e. The van der Waals surface area contributed by atoms with Crippen LogP contribution in [0.3, 0.4) is 0 Å². The Morgan fingerprint density at radius 3 is 1.91 bits per heavy atom. The minimum Gasteiger partial charge on any atom is -0.490 e. The Balaban J connectivity index is 0.000000136. The molecule has 1 unspecified atom stereocenters. The molecule has 1 atom stereocenters. The SMILES string of the molecule is CNC(=O)c1cccc(OC2CCCCC2)c1.O=C(NCC1c2ccccc2-c2cncn21)c1cccc(OC2CCCCC2)c1.c1ccc2c(c1)Cn1cncc1-2. The number of carbonyl (C=O) groups is 2. The van der Waals surface area contributed by atoms with Crippen molar-refractivity contribution >= 4 is 11.8 Å². The predicted molar refractivity (Wildman–Crippen MR) is 226 cm³/mol. The fourth-order valence-electron chi connectivity index (χ4n) is 8.51. The molecule has 0 radical (unpaired) electrons. The first-order valence-corrected chi connectivity index (χ1v) is 20.8. The van der Waals surface area contributed by atoms with Crippen LogP contribution in [0.4, 0.5) is 0 Å². The third kappa shape index (κ3) is 9.01. The highest BCUT2D eigenvalue weighted by Crippen LogP contribution is 2.38. The van der Waals surface area contributed by atoms with Crippen molar-refractivity contribution in [2.24, 2.45) is 0 Å². The fourth-order valence-corrected chi connectivity index (χ4v) is 8.51. The van der Waals surface area contributed by atoms with E-state index < -0.39 is 0 Å². The molecule has 10 rings (SSSR count). The lowest BCUT2D eigenvalue weighted by Gasteiger charge is -2.23. The summed E-state index contributed by atoms with van der Waals surface area (Å²) in [4.78, 5) is 32.7. The van der Waals surface area contributed by atoms with Crippen LogP contribution in [0.2, 0.25) is 0 Å². The van der Waals surface area contributed by atoms with Crippen LogP contribution in [0.25, 0.3) is 22.5 Å². The number of benzene rings is 4. The van der Waals surface area contributed by atoms with Crippen LogP contribution in [0, 0.1) is 0 Å². The van der Waals surface area contributed by atoms with Crippen LogP contribution in [-0.2, 0) is 6.54 Å². The smallest absolute Gasteiger partial charge is 0.251 e. The number of carbonyl (C=O) groups excluding carboxylic acids is 2. The van der Waals surface area contributed by atoms with Crippen molar-refractivity contribution in [2.75, 3.05) is 13.6 Å². The van der Waals surface area contributed by atoms with E-state index in [2.05, 4.69) is 66.1 Å². The summed E-state index contributed by atoms with van der Waals surface area (Å²) in [6.07, 6.45) is 20.2. The highest BCUT2D eigenvalue weighted by atomic mass is 16.5. The summed E-state index contributed by atoms with van der Waals surface area (Å²) < 4.78 is 16.3. The van der Waals surface area contributed by atoms with Crippen LogP contribution in [-0.4, -0.2) is 56.7 Å². The largest absolute Gasteiger partial charge is 0.490 e. The molecule has 4 heterocycles. The number of fused-ring (bicyclic) bond motifs is 6. The number of amides is 2. The van der Waals surface area contributed by atoms with E-state index in [1.807, 2.05) is 79.6 Å². The van der Waals surface area contributed by atoms with Gasteiger partial charge in [-0.15, -0.1) is 0 Å². The summed E-state index contributed by atoms with van der Waals surface area (Å²) in [6.45, 7) is 1.50. The molecule has 58 heavy (non-hydrogen) atoms. The Kier molecular flexibility index (Phi) is 12.3. The molecule has 2 aliphatic carbocycles. The molecule has 4 aliphatic rings. The number of nitrogens with zero attached hydrogens (tertiary/aromatic N) is 4. The highest BCUT2D eigenvalue weighted by molar-refractivity contribution is 5.95. The summed E-state index contributed by atoms with van der Waals surface area (Å²) in [7, 11) is 1.64. The molecule has 2 aromatic heterocycles. The Labute approximate surface area is 340 Å². The number of hydrogen-bond donors (Lipinski definition) is 2. The molecule has 2 N–H and O–H groups in total. The van der Waals surface area contributed by atoms with Crippen molar-refractivity contribution in [3.8, 4) is 34.0 Å². The van der Waals surface area contributed by atoms with Gasteiger partial charge in [-0.25, -0.2) is 9.97 Å². The van der Waals surface area contributed by atoms with Crippen LogP contribution in [0.1, 0.15) is 102 Å². The van der Waals surface area contributed by atoms with Crippen molar-refractivity contribution in [1.29, 1.82) is 0 Å². The normalized spacial score (nSPS) is 16.5. The van der Waals surface area contributed by atoms with Gasteiger partial charge in [-0.1, -0.05) is 73.5 Å². The zero-order valence-corrected chi connectivity index (χ0v) is 33.2. The monoisotopic (exact) mass is 776 g/mol. The van der Waals surface area contributed by atoms with Crippen molar-refractivity contribution in [2.45, 2.75) is 89.0 Å². The molecule has 4 aromatic carbocycles. The molecule has 2 aliphatic heterocycles. The van der Waals surface area contributed by atoms with E-state index in [0.717, 1.165) is 49.4 Å². The van der Waals surface area contributed by atoms with Gasteiger partial charge in [0.15, 0.2) is 0 Å². The third-order valence-corrected chi connectivity index (χ3v) is 11.5. The molecule has 2 amide bonds. The first kappa shape index (κ1) is 38.7.